The van der Waals surface area contributed by atoms with Crippen LogP contribution in [0, 0.1) is 5.41 Å². The monoisotopic (exact) mass is 284 g/mol. The van der Waals surface area contributed by atoms with Gasteiger partial charge < -0.3 is 21.4 Å². The molecule has 0 saturated heterocycles. The van der Waals surface area contributed by atoms with Crippen LogP contribution in [0.15, 0.2) is 6.33 Å². The molecule has 106 valence electrons. The van der Waals surface area contributed by atoms with Gasteiger partial charge >= 0.3 is 0 Å². The van der Waals surface area contributed by atoms with E-state index >= 15 is 0 Å². The van der Waals surface area contributed by atoms with Gasteiger partial charge in [0.25, 0.3) is 0 Å². The summed E-state index contributed by atoms with van der Waals surface area (Å²) in [5.41, 5.74) is 0.638. The highest BCUT2D eigenvalue weighted by atomic mass is 35.5. The lowest BCUT2D eigenvalue weighted by Gasteiger charge is -2.18. The van der Waals surface area contributed by atoms with E-state index in [1.807, 2.05) is 20.9 Å². The summed E-state index contributed by atoms with van der Waals surface area (Å²) < 4.78 is 0. The van der Waals surface area contributed by atoms with Gasteiger partial charge in [-0.3, -0.25) is 0 Å². The maximum atomic E-state index is 7.51. The molecule has 19 heavy (non-hydrogen) atoms. The Balaban J connectivity index is 2.80. The summed E-state index contributed by atoms with van der Waals surface area (Å²) in [6.45, 7) is 5.94. The highest BCUT2D eigenvalue weighted by molar-refractivity contribution is 6.23. The van der Waals surface area contributed by atoms with Gasteiger partial charge in [0.05, 0.1) is 10.4 Å². The van der Waals surface area contributed by atoms with E-state index in [4.69, 9.17) is 17.0 Å². The molecule has 0 atom stereocenters. The summed E-state index contributed by atoms with van der Waals surface area (Å²) in [5.74, 6) is 1.26. The first kappa shape index (κ1) is 15.7. The second kappa shape index (κ2) is 7.25. The summed E-state index contributed by atoms with van der Waals surface area (Å²) in [7, 11) is 1.88. The molecule has 4 N–H and O–H groups in total. The molecule has 6 nitrogen and oxygen atoms in total. The minimum atomic E-state index is -0.371. The van der Waals surface area contributed by atoms with Crippen molar-refractivity contribution in [3.63, 3.8) is 0 Å². The topological polar surface area (TPSA) is 85.7 Å². The van der Waals surface area contributed by atoms with Crippen LogP contribution in [-0.4, -0.2) is 47.7 Å². The lowest BCUT2D eigenvalue weighted by atomic mass is 10.2. The first-order valence-electron chi connectivity index (χ1n) is 6.14. The highest BCUT2D eigenvalue weighted by Gasteiger charge is 2.15. The van der Waals surface area contributed by atoms with Gasteiger partial charge in [-0.2, -0.15) is 0 Å². The molecular weight excluding hydrogens is 264 g/mol. The molecule has 0 bridgehead atoms. The normalized spacial score (nSPS) is 11.2. The molecule has 0 aliphatic rings. The second-order valence-electron chi connectivity index (χ2n) is 4.73. The van der Waals surface area contributed by atoms with Crippen LogP contribution in [0.2, 0.25) is 0 Å². The van der Waals surface area contributed by atoms with E-state index in [1.54, 1.807) is 0 Å². The van der Waals surface area contributed by atoms with Gasteiger partial charge in [-0.1, -0.05) is 0 Å². The van der Waals surface area contributed by atoms with Crippen LogP contribution in [0.1, 0.15) is 19.4 Å². The van der Waals surface area contributed by atoms with Crippen molar-refractivity contribution in [2.45, 2.75) is 18.7 Å². The fraction of sp³-hybridized carbons (Fsp3) is 0.583. The standard InChI is InChI=1S/C12H21ClN6/c1-12(2,13)7-17-11-9(6-14)10(18-8-19-11)16-5-4-15-3/h6,8,14-15H,4-5,7H2,1-3H3,(H2,16,17,18,19). The highest BCUT2D eigenvalue weighted by Crippen LogP contribution is 2.19. The summed E-state index contributed by atoms with van der Waals surface area (Å²) in [6, 6.07) is 0. The molecule has 0 radical (unpaired) electrons. The lowest BCUT2D eigenvalue weighted by molar-refractivity contribution is 0.733. The number of anilines is 2. The summed E-state index contributed by atoms with van der Waals surface area (Å²) in [4.78, 5) is 7.93. The van der Waals surface area contributed by atoms with Crippen molar-refractivity contribution in [3.05, 3.63) is 11.9 Å². The van der Waals surface area contributed by atoms with Crippen LogP contribution in [0.4, 0.5) is 11.6 Å². The minimum Gasteiger partial charge on any atom is -0.368 e. The van der Waals surface area contributed by atoms with Crippen LogP contribution in [0.25, 0.3) is 0 Å². The van der Waals surface area contributed by atoms with Crippen molar-refractivity contribution in [3.8, 4) is 0 Å². The first-order chi connectivity index (χ1) is 8.98. The van der Waals surface area contributed by atoms with Gasteiger partial charge in [-0.15, -0.1) is 11.6 Å². The Morgan fingerprint density at radius 1 is 1.26 bits per heavy atom. The molecule has 0 spiro atoms. The Bertz CT molecular complexity index is 415. The second-order valence-corrected chi connectivity index (χ2v) is 5.75. The first-order valence-corrected chi connectivity index (χ1v) is 6.52. The molecule has 0 aliphatic heterocycles. The molecule has 0 aromatic carbocycles. The lowest BCUT2D eigenvalue weighted by Crippen LogP contribution is -2.25. The summed E-state index contributed by atoms with van der Waals surface area (Å²) >= 11 is 6.13. The van der Waals surface area contributed by atoms with Crippen molar-refractivity contribution in [2.24, 2.45) is 0 Å². The zero-order chi connectivity index (χ0) is 14.3. The van der Waals surface area contributed by atoms with Crippen LogP contribution >= 0.6 is 11.6 Å². The maximum Gasteiger partial charge on any atom is 0.140 e. The molecule has 1 aromatic rings. The van der Waals surface area contributed by atoms with Gasteiger partial charge in [-0.25, -0.2) is 9.97 Å². The molecular formula is C12H21ClN6. The van der Waals surface area contributed by atoms with Gasteiger partial charge in [0.1, 0.15) is 18.0 Å². The van der Waals surface area contributed by atoms with Crippen LogP contribution < -0.4 is 16.0 Å². The Morgan fingerprint density at radius 2 is 1.89 bits per heavy atom. The van der Waals surface area contributed by atoms with Crippen molar-refractivity contribution < 1.29 is 0 Å². The Kier molecular flexibility index (Phi) is 5.98. The number of aromatic nitrogens is 2. The van der Waals surface area contributed by atoms with Gasteiger partial charge in [0.15, 0.2) is 0 Å². The van der Waals surface area contributed by atoms with E-state index in [-0.39, 0.29) is 4.87 Å². The minimum absolute atomic E-state index is 0.371. The smallest absolute Gasteiger partial charge is 0.140 e. The third kappa shape index (κ3) is 5.40. The number of hydrogen-bond donors (Lipinski definition) is 4. The van der Waals surface area contributed by atoms with Crippen LogP contribution in [0.3, 0.4) is 0 Å². The van der Waals surface area contributed by atoms with Gasteiger partial charge in [0.2, 0.25) is 0 Å². The van der Waals surface area contributed by atoms with Gasteiger partial charge in [0, 0.05) is 25.8 Å². The van der Waals surface area contributed by atoms with E-state index in [9.17, 15) is 0 Å². The predicted molar refractivity (Wildman–Crippen MR) is 80.8 cm³/mol. The molecule has 1 aromatic heterocycles. The van der Waals surface area contributed by atoms with Crippen molar-refractivity contribution in [2.75, 3.05) is 37.3 Å². The van der Waals surface area contributed by atoms with E-state index in [1.165, 1.54) is 12.5 Å². The fourth-order valence-electron chi connectivity index (χ4n) is 1.41. The number of rotatable bonds is 8. The molecule has 0 unspecified atom stereocenters. The Hall–Kier alpha value is -1.40. The molecule has 0 saturated carbocycles. The molecule has 0 amide bonds. The molecule has 0 fully saturated rings. The average molecular weight is 285 g/mol. The number of likely N-dealkylation sites (N-methyl/N-ethyl adjacent to an activating group) is 1. The van der Waals surface area contributed by atoms with E-state index in [2.05, 4.69) is 25.9 Å². The van der Waals surface area contributed by atoms with Crippen molar-refractivity contribution in [1.82, 2.24) is 15.3 Å². The molecule has 1 rings (SSSR count). The number of halogens is 1. The van der Waals surface area contributed by atoms with Crippen molar-refractivity contribution in [1.29, 1.82) is 5.41 Å². The maximum absolute atomic E-state index is 7.51. The zero-order valence-corrected chi connectivity index (χ0v) is 12.3. The van der Waals surface area contributed by atoms with Crippen molar-refractivity contribution >= 4 is 29.5 Å². The van der Waals surface area contributed by atoms with Gasteiger partial charge in [-0.05, 0) is 20.9 Å². The van der Waals surface area contributed by atoms with Crippen LogP contribution in [-0.2, 0) is 0 Å². The largest absolute Gasteiger partial charge is 0.368 e. The molecule has 0 aliphatic carbocycles. The summed E-state index contributed by atoms with van der Waals surface area (Å²) in [5, 5.41) is 16.9. The average Bonchev–Trinajstić information content (AvgIpc) is 2.36. The fourth-order valence-corrected chi connectivity index (χ4v) is 1.48. The zero-order valence-electron chi connectivity index (χ0n) is 11.5. The summed E-state index contributed by atoms with van der Waals surface area (Å²) in [6.07, 6.45) is 2.71. The Morgan fingerprint density at radius 3 is 2.42 bits per heavy atom. The number of alkyl halides is 1. The van der Waals surface area contributed by atoms with E-state index < -0.39 is 0 Å². The number of nitrogens with one attached hydrogen (secondary N) is 4. The Labute approximate surface area is 118 Å². The third-order valence-electron chi connectivity index (χ3n) is 2.37. The molecule has 1 heterocycles. The van der Waals surface area contributed by atoms with E-state index in [0.717, 1.165) is 13.1 Å². The SMILES string of the molecule is CNCCNc1ncnc(NCC(C)(C)Cl)c1C=N. The third-order valence-corrected chi connectivity index (χ3v) is 2.51. The quantitative estimate of drug-likeness (QED) is 0.330. The predicted octanol–water partition coefficient (Wildman–Crippen LogP) is 1.53. The molecule has 7 heteroatoms. The number of nitrogens with zero attached hydrogens (tertiary/aromatic N) is 2. The van der Waals surface area contributed by atoms with E-state index in [0.29, 0.717) is 23.7 Å². The van der Waals surface area contributed by atoms with Crippen LogP contribution in [0.5, 0.6) is 0 Å². The number of hydrogen-bond acceptors (Lipinski definition) is 6.